The molecular weight excluding hydrogens is 140 g/mol. The zero-order valence-corrected chi connectivity index (χ0v) is 6.51. The van der Waals surface area contributed by atoms with Gasteiger partial charge in [-0.15, -0.1) is 0 Å². The van der Waals surface area contributed by atoms with E-state index in [2.05, 4.69) is 13.8 Å². The molecule has 0 aromatic rings. The zero-order valence-electron chi connectivity index (χ0n) is 4.88. The lowest BCUT2D eigenvalue weighted by molar-refractivity contribution is 0.277. The van der Waals surface area contributed by atoms with Gasteiger partial charge in [-0.3, -0.25) is 4.79 Å². The molecule has 0 spiro atoms. The van der Waals surface area contributed by atoms with Crippen molar-refractivity contribution in [3.8, 4) is 0 Å². The maximum absolute atomic E-state index is 10.6. The van der Waals surface area contributed by atoms with E-state index in [0.717, 1.165) is 0 Å². The molecule has 46 valence electrons. The fraction of sp³-hybridized carbons (Fsp3) is 0.800. The molecule has 0 aromatic heterocycles. The Morgan fingerprint density at radius 1 is 1.25 bits per heavy atom. The van der Waals surface area contributed by atoms with Crippen molar-refractivity contribution in [3.63, 3.8) is 0 Å². The minimum Gasteiger partial charge on any atom is -0.274 e. The van der Waals surface area contributed by atoms with Gasteiger partial charge in [0.15, 0.2) is 0 Å². The highest BCUT2D eigenvalue weighted by Crippen LogP contribution is 2.38. The first-order chi connectivity index (χ1) is 3.70. The first kappa shape index (κ1) is 6.49. The summed E-state index contributed by atoms with van der Waals surface area (Å²) >= 11 is 2.91. The summed E-state index contributed by atoms with van der Waals surface area (Å²) in [6, 6.07) is 0. The summed E-state index contributed by atoms with van der Waals surface area (Å²) in [6.45, 7) is 4.18. The molecule has 1 fully saturated rings. The lowest BCUT2D eigenvalue weighted by Crippen LogP contribution is -2.04. The lowest BCUT2D eigenvalue weighted by Gasteiger charge is -2.01. The molecule has 0 saturated carbocycles. The summed E-state index contributed by atoms with van der Waals surface area (Å²) in [6.07, 6.45) is 0. The summed E-state index contributed by atoms with van der Waals surface area (Å²) < 4.78 is 0.282. The van der Waals surface area contributed by atoms with Crippen LogP contribution in [0.5, 0.6) is 0 Å². The van der Waals surface area contributed by atoms with Gasteiger partial charge in [-0.1, -0.05) is 37.4 Å². The van der Waals surface area contributed by atoms with E-state index in [0.29, 0.717) is 10.5 Å². The fourth-order valence-corrected chi connectivity index (χ4v) is 2.98. The summed E-state index contributed by atoms with van der Waals surface area (Å²) in [4.78, 5) is 10.6. The van der Waals surface area contributed by atoms with Crippen LogP contribution in [0.2, 0.25) is 0 Å². The standard InChI is InChI=1S/C5H8OS2/c1-3-4(2)8-5(6)7-3/h3-4H,1-2H3/t3-,4-/m0/s1. The van der Waals surface area contributed by atoms with Crippen molar-refractivity contribution in [2.75, 3.05) is 0 Å². The Labute approximate surface area is 57.6 Å². The summed E-state index contributed by atoms with van der Waals surface area (Å²) in [7, 11) is 0. The van der Waals surface area contributed by atoms with E-state index in [4.69, 9.17) is 0 Å². The molecule has 1 nitrogen and oxygen atoms in total. The van der Waals surface area contributed by atoms with Crippen LogP contribution in [0.15, 0.2) is 0 Å². The van der Waals surface area contributed by atoms with Crippen LogP contribution in [-0.2, 0) is 0 Å². The number of hydrogen-bond acceptors (Lipinski definition) is 3. The highest BCUT2D eigenvalue weighted by molar-refractivity contribution is 8.41. The average Bonchev–Trinajstić information content (AvgIpc) is 1.85. The van der Waals surface area contributed by atoms with Gasteiger partial charge >= 0.3 is 0 Å². The second-order valence-electron chi connectivity index (χ2n) is 1.90. The quantitative estimate of drug-likeness (QED) is 0.525. The number of rotatable bonds is 0. The van der Waals surface area contributed by atoms with Crippen LogP contribution in [-0.4, -0.2) is 14.9 Å². The Kier molecular flexibility index (Phi) is 1.88. The minimum absolute atomic E-state index is 0.282. The molecule has 0 aromatic carbocycles. The molecule has 0 radical (unpaired) electrons. The maximum Gasteiger partial charge on any atom is 0.246 e. The molecule has 1 heterocycles. The van der Waals surface area contributed by atoms with Gasteiger partial charge in [0.1, 0.15) is 0 Å². The van der Waals surface area contributed by atoms with Gasteiger partial charge in [-0.25, -0.2) is 0 Å². The molecule has 0 unspecified atom stereocenters. The first-order valence-electron chi connectivity index (χ1n) is 2.57. The Bertz CT molecular complexity index is 101. The van der Waals surface area contributed by atoms with Crippen LogP contribution in [0.1, 0.15) is 13.8 Å². The molecule has 0 amide bonds. The van der Waals surface area contributed by atoms with Gasteiger partial charge in [-0.05, 0) is 0 Å². The van der Waals surface area contributed by atoms with Gasteiger partial charge in [-0.2, -0.15) is 0 Å². The van der Waals surface area contributed by atoms with E-state index in [1.54, 1.807) is 0 Å². The van der Waals surface area contributed by atoms with E-state index in [1.165, 1.54) is 23.5 Å². The normalized spacial score (nSPS) is 38.5. The van der Waals surface area contributed by atoms with E-state index >= 15 is 0 Å². The van der Waals surface area contributed by atoms with Crippen LogP contribution in [0.3, 0.4) is 0 Å². The molecule has 1 saturated heterocycles. The van der Waals surface area contributed by atoms with E-state index < -0.39 is 0 Å². The summed E-state index contributed by atoms with van der Waals surface area (Å²) in [5.74, 6) is 0. The SMILES string of the molecule is C[C@@H]1SC(=O)S[C@H]1C. The third-order valence-corrected chi connectivity index (χ3v) is 3.92. The van der Waals surface area contributed by atoms with Crippen molar-refractivity contribution in [1.82, 2.24) is 0 Å². The van der Waals surface area contributed by atoms with Gasteiger partial charge in [0.2, 0.25) is 4.45 Å². The third kappa shape index (κ3) is 1.20. The van der Waals surface area contributed by atoms with Gasteiger partial charge < -0.3 is 0 Å². The Morgan fingerprint density at radius 3 is 1.75 bits per heavy atom. The van der Waals surface area contributed by atoms with Crippen molar-refractivity contribution >= 4 is 28.0 Å². The maximum atomic E-state index is 10.6. The molecule has 2 atom stereocenters. The predicted octanol–water partition coefficient (Wildman–Crippen LogP) is 2.36. The molecule has 1 rings (SSSR count). The van der Waals surface area contributed by atoms with E-state index in [9.17, 15) is 4.79 Å². The number of carbonyl (C=O) groups is 1. The largest absolute Gasteiger partial charge is 0.274 e. The van der Waals surface area contributed by atoms with Crippen molar-refractivity contribution < 1.29 is 4.79 Å². The summed E-state index contributed by atoms with van der Waals surface area (Å²) in [5.41, 5.74) is 0. The molecule has 1 aliphatic heterocycles. The van der Waals surface area contributed by atoms with E-state index in [1.807, 2.05) is 0 Å². The van der Waals surface area contributed by atoms with Crippen molar-refractivity contribution in [2.24, 2.45) is 0 Å². The Balaban J connectivity index is 2.51. The molecule has 8 heavy (non-hydrogen) atoms. The predicted molar refractivity (Wildman–Crippen MR) is 39.5 cm³/mol. The smallest absolute Gasteiger partial charge is 0.246 e. The van der Waals surface area contributed by atoms with Crippen LogP contribution in [0.25, 0.3) is 0 Å². The minimum atomic E-state index is 0.282. The van der Waals surface area contributed by atoms with Crippen molar-refractivity contribution in [3.05, 3.63) is 0 Å². The number of hydrogen-bond donors (Lipinski definition) is 0. The second kappa shape index (κ2) is 2.31. The van der Waals surface area contributed by atoms with Crippen LogP contribution < -0.4 is 0 Å². The van der Waals surface area contributed by atoms with Gasteiger partial charge in [0.25, 0.3) is 0 Å². The number of thioether (sulfide) groups is 2. The third-order valence-electron chi connectivity index (χ3n) is 1.23. The first-order valence-corrected chi connectivity index (χ1v) is 4.33. The van der Waals surface area contributed by atoms with Crippen molar-refractivity contribution in [2.45, 2.75) is 24.3 Å². The Hall–Kier alpha value is 0.370. The fourth-order valence-electron chi connectivity index (χ4n) is 0.523. The highest BCUT2D eigenvalue weighted by atomic mass is 32.2. The molecule has 0 N–H and O–H groups in total. The highest BCUT2D eigenvalue weighted by Gasteiger charge is 2.27. The topological polar surface area (TPSA) is 17.1 Å². The zero-order chi connectivity index (χ0) is 6.15. The molecule has 1 aliphatic rings. The average molecular weight is 148 g/mol. The molecule has 0 bridgehead atoms. The van der Waals surface area contributed by atoms with E-state index in [-0.39, 0.29) is 4.45 Å². The van der Waals surface area contributed by atoms with Gasteiger partial charge in [0.05, 0.1) is 0 Å². The molecule has 0 aliphatic carbocycles. The van der Waals surface area contributed by atoms with Gasteiger partial charge in [0, 0.05) is 10.5 Å². The summed E-state index contributed by atoms with van der Waals surface area (Å²) in [5, 5.41) is 1.04. The molecular formula is C5H8OS2. The van der Waals surface area contributed by atoms with Crippen LogP contribution in [0.4, 0.5) is 4.79 Å². The second-order valence-corrected chi connectivity index (χ2v) is 4.85. The van der Waals surface area contributed by atoms with Crippen LogP contribution >= 0.6 is 23.5 Å². The number of carbonyl (C=O) groups excluding carboxylic acids is 1. The lowest BCUT2D eigenvalue weighted by atomic mass is 10.4. The Morgan fingerprint density at radius 2 is 1.62 bits per heavy atom. The molecule has 3 heteroatoms. The van der Waals surface area contributed by atoms with Crippen molar-refractivity contribution in [1.29, 1.82) is 0 Å². The van der Waals surface area contributed by atoms with Crippen LogP contribution in [0, 0.1) is 0 Å². The monoisotopic (exact) mass is 148 g/mol.